The fourth-order valence-electron chi connectivity index (χ4n) is 3.97. The minimum absolute atomic E-state index is 0.0636. The van der Waals surface area contributed by atoms with E-state index in [1.807, 2.05) is 6.92 Å². The molecule has 1 N–H and O–H groups in total. The van der Waals surface area contributed by atoms with Crippen LogP contribution >= 0.6 is 0 Å². The average Bonchev–Trinajstić information content (AvgIpc) is 2.65. The van der Waals surface area contributed by atoms with Crippen LogP contribution < -0.4 is 5.32 Å². The van der Waals surface area contributed by atoms with Gasteiger partial charge in [-0.25, -0.2) is 0 Å². The van der Waals surface area contributed by atoms with Gasteiger partial charge in [0.25, 0.3) is 0 Å². The van der Waals surface area contributed by atoms with Gasteiger partial charge in [-0.1, -0.05) is 0 Å². The van der Waals surface area contributed by atoms with Gasteiger partial charge in [0.2, 0.25) is 0 Å². The Morgan fingerprint density at radius 2 is 2.17 bits per heavy atom. The number of nitrogens with one attached hydrogen (secondary N) is 1. The maximum Gasteiger partial charge on any atom is 0.313 e. The largest absolute Gasteiger partial charge is 0.462 e. The molecule has 4 nitrogen and oxygen atoms in total. The standard InChI is InChI=1S/C14H24N2O2/c1-11-9-14(13(17)18-11)5-2-8-16(10-14)12-3-6-15-7-4-12/h11-12,15H,2-10H2,1H3. The molecule has 3 fully saturated rings. The van der Waals surface area contributed by atoms with E-state index < -0.39 is 0 Å². The summed E-state index contributed by atoms with van der Waals surface area (Å²) in [6.07, 6.45) is 5.66. The van der Waals surface area contributed by atoms with Crippen LogP contribution in [0.25, 0.3) is 0 Å². The summed E-state index contributed by atoms with van der Waals surface area (Å²) in [5.74, 6) is 0.0636. The van der Waals surface area contributed by atoms with Crippen molar-refractivity contribution in [1.29, 1.82) is 0 Å². The molecule has 18 heavy (non-hydrogen) atoms. The van der Waals surface area contributed by atoms with E-state index in [0.717, 1.165) is 45.4 Å². The van der Waals surface area contributed by atoms with Gasteiger partial charge >= 0.3 is 5.97 Å². The molecule has 0 aliphatic carbocycles. The number of cyclic esters (lactones) is 1. The zero-order valence-corrected chi connectivity index (χ0v) is 11.3. The summed E-state index contributed by atoms with van der Waals surface area (Å²) in [5, 5.41) is 3.41. The highest BCUT2D eigenvalue weighted by molar-refractivity contribution is 5.79. The first-order valence-corrected chi connectivity index (χ1v) is 7.35. The summed E-state index contributed by atoms with van der Waals surface area (Å²) >= 11 is 0. The Labute approximate surface area is 109 Å². The fourth-order valence-corrected chi connectivity index (χ4v) is 3.97. The Bertz CT molecular complexity index is 328. The van der Waals surface area contributed by atoms with Crippen LogP contribution in [0.5, 0.6) is 0 Å². The monoisotopic (exact) mass is 252 g/mol. The van der Waals surface area contributed by atoms with Crippen molar-refractivity contribution in [2.24, 2.45) is 5.41 Å². The predicted molar refractivity (Wildman–Crippen MR) is 69.3 cm³/mol. The summed E-state index contributed by atoms with van der Waals surface area (Å²) in [6.45, 7) is 6.36. The summed E-state index contributed by atoms with van der Waals surface area (Å²) < 4.78 is 5.41. The first-order chi connectivity index (χ1) is 8.70. The van der Waals surface area contributed by atoms with Crippen molar-refractivity contribution in [2.45, 2.75) is 51.2 Å². The molecule has 0 bridgehead atoms. The lowest BCUT2D eigenvalue weighted by Gasteiger charge is -2.43. The zero-order chi connectivity index (χ0) is 12.6. The number of rotatable bonds is 1. The first-order valence-electron chi connectivity index (χ1n) is 7.35. The van der Waals surface area contributed by atoms with Crippen molar-refractivity contribution in [2.75, 3.05) is 26.2 Å². The molecule has 3 saturated heterocycles. The van der Waals surface area contributed by atoms with Crippen LogP contribution in [0.4, 0.5) is 0 Å². The third-order valence-electron chi connectivity index (χ3n) is 4.85. The van der Waals surface area contributed by atoms with Crippen LogP contribution in [-0.4, -0.2) is 49.2 Å². The lowest BCUT2D eigenvalue weighted by Crippen LogP contribution is -2.52. The van der Waals surface area contributed by atoms with Crippen LogP contribution in [0.15, 0.2) is 0 Å². The fraction of sp³-hybridized carbons (Fsp3) is 0.929. The van der Waals surface area contributed by atoms with Gasteiger partial charge in [0.15, 0.2) is 0 Å². The Morgan fingerprint density at radius 1 is 1.39 bits per heavy atom. The smallest absolute Gasteiger partial charge is 0.313 e. The molecular formula is C14H24N2O2. The van der Waals surface area contributed by atoms with Crippen LogP contribution in [0, 0.1) is 5.41 Å². The van der Waals surface area contributed by atoms with Crippen LogP contribution in [0.3, 0.4) is 0 Å². The van der Waals surface area contributed by atoms with Gasteiger partial charge in [-0.2, -0.15) is 0 Å². The van der Waals surface area contributed by atoms with Gasteiger partial charge in [-0.05, 0) is 52.2 Å². The third-order valence-corrected chi connectivity index (χ3v) is 4.85. The van der Waals surface area contributed by atoms with Crippen LogP contribution in [0.1, 0.15) is 39.0 Å². The second-order valence-electron chi connectivity index (χ2n) is 6.26. The van der Waals surface area contributed by atoms with Gasteiger partial charge in [0, 0.05) is 19.0 Å². The molecule has 1 spiro atoms. The molecule has 0 saturated carbocycles. The molecule has 3 heterocycles. The summed E-state index contributed by atoms with van der Waals surface area (Å²) in [4.78, 5) is 14.7. The summed E-state index contributed by atoms with van der Waals surface area (Å²) in [5.41, 5.74) is -0.178. The van der Waals surface area contributed by atoms with E-state index in [9.17, 15) is 4.79 Å². The van der Waals surface area contributed by atoms with Gasteiger partial charge in [0.05, 0.1) is 5.41 Å². The number of likely N-dealkylation sites (tertiary alicyclic amines) is 1. The molecular weight excluding hydrogens is 228 g/mol. The molecule has 0 amide bonds. The van der Waals surface area contributed by atoms with E-state index in [2.05, 4.69) is 10.2 Å². The van der Waals surface area contributed by atoms with Crippen molar-refractivity contribution in [3.05, 3.63) is 0 Å². The van der Waals surface area contributed by atoms with E-state index in [4.69, 9.17) is 4.74 Å². The van der Waals surface area contributed by atoms with E-state index in [-0.39, 0.29) is 17.5 Å². The maximum absolute atomic E-state index is 12.1. The Balaban J connectivity index is 1.69. The molecule has 0 radical (unpaired) electrons. The number of nitrogens with zero attached hydrogens (tertiary/aromatic N) is 1. The number of hydrogen-bond donors (Lipinski definition) is 1. The Morgan fingerprint density at radius 3 is 2.83 bits per heavy atom. The van der Waals surface area contributed by atoms with Gasteiger partial charge in [-0.15, -0.1) is 0 Å². The Hall–Kier alpha value is -0.610. The van der Waals surface area contributed by atoms with Gasteiger partial charge in [0.1, 0.15) is 6.10 Å². The summed E-state index contributed by atoms with van der Waals surface area (Å²) in [6, 6.07) is 0.673. The topological polar surface area (TPSA) is 41.6 Å². The second-order valence-corrected chi connectivity index (χ2v) is 6.26. The molecule has 0 aromatic carbocycles. The quantitative estimate of drug-likeness (QED) is 0.711. The molecule has 3 aliphatic rings. The molecule has 2 atom stereocenters. The maximum atomic E-state index is 12.1. The highest BCUT2D eigenvalue weighted by atomic mass is 16.6. The lowest BCUT2D eigenvalue weighted by molar-refractivity contribution is -0.151. The Kier molecular flexibility index (Phi) is 3.32. The number of esters is 1. The van der Waals surface area contributed by atoms with Gasteiger partial charge in [-0.3, -0.25) is 9.69 Å². The van der Waals surface area contributed by atoms with E-state index in [0.29, 0.717) is 6.04 Å². The normalized spacial score (nSPS) is 39.2. The molecule has 2 unspecified atom stereocenters. The van der Waals surface area contributed by atoms with Crippen molar-refractivity contribution in [3.63, 3.8) is 0 Å². The lowest BCUT2D eigenvalue weighted by atomic mass is 9.77. The highest BCUT2D eigenvalue weighted by Gasteiger charge is 2.50. The molecule has 3 rings (SSSR count). The number of piperidine rings is 2. The third kappa shape index (κ3) is 2.16. The SMILES string of the molecule is CC1CC2(CCCN(C3CCNCC3)C2)C(=O)O1. The van der Waals surface area contributed by atoms with Crippen LogP contribution in [0.2, 0.25) is 0 Å². The highest BCUT2D eigenvalue weighted by Crippen LogP contribution is 2.42. The second kappa shape index (κ2) is 4.82. The molecule has 4 heteroatoms. The number of carbonyl (C=O) groups excluding carboxylic acids is 1. The minimum Gasteiger partial charge on any atom is -0.462 e. The predicted octanol–water partition coefficient (Wildman–Crippen LogP) is 1.16. The molecule has 0 aromatic heterocycles. The van der Waals surface area contributed by atoms with E-state index >= 15 is 0 Å². The van der Waals surface area contributed by atoms with E-state index in [1.165, 1.54) is 12.8 Å². The molecule has 0 aromatic rings. The van der Waals surface area contributed by atoms with Crippen molar-refractivity contribution in [3.8, 4) is 0 Å². The average molecular weight is 252 g/mol. The van der Waals surface area contributed by atoms with Gasteiger partial charge < -0.3 is 10.1 Å². The number of ether oxygens (including phenoxy) is 1. The minimum atomic E-state index is -0.178. The molecule has 102 valence electrons. The summed E-state index contributed by atoms with van der Waals surface area (Å²) in [7, 11) is 0. The van der Waals surface area contributed by atoms with Crippen LogP contribution in [-0.2, 0) is 9.53 Å². The van der Waals surface area contributed by atoms with Crippen molar-refractivity contribution in [1.82, 2.24) is 10.2 Å². The number of carbonyl (C=O) groups is 1. The van der Waals surface area contributed by atoms with Crippen molar-refractivity contribution < 1.29 is 9.53 Å². The van der Waals surface area contributed by atoms with Crippen molar-refractivity contribution >= 4 is 5.97 Å². The first kappa shape index (κ1) is 12.4. The molecule has 3 aliphatic heterocycles. The number of hydrogen-bond acceptors (Lipinski definition) is 4. The zero-order valence-electron chi connectivity index (χ0n) is 11.3. The van der Waals surface area contributed by atoms with E-state index in [1.54, 1.807) is 0 Å².